The van der Waals surface area contributed by atoms with Crippen molar-refractivity contribution in [2.24, 2.45) is 0 Å². The molecule has 0 saturated heterocycles. The lowest BCUT2D eigenvalue weighted by molar-refractivity contribution is 0.0951. The van der Waals surface area contributed by atoms with Crippen molar-refractivity contribution in [3.05, 3.63) is 58.5 Å². The maximum Gasteiger partial charge on any atom is 0.278 e. The van der Waals surface area contributed by atoms with Crippen LogP contribution in [-0.4, -0.2) is 26.5 Å². The fourth-order valence-corrected chi connectivity index (χ4v) is 2.98. The maximum absolute atomic E-state index is 13.0. The van der Waals surface area contributed by atoms with Gasteiger partial charge in [0.2, 0.25) is 0 Å². The molecule has 1 aromatic carbocycles. The van der Waals surface area contributed by atoms with Crippen LogP contribution in [0.4, 0.5) is 0 Å². The molecule has 4 rings (SSSR count). The number of aromatic nitrogens is 3. The van der Waals surface area contributed by atoms with Crippen LogP contribution in [0.5, 0.6) is 0 Å². The summed E-state index contributed by atoms with van der Waals surface area (Å²) in [6.45, 7) is 3.90. The van der Waals surface area contributed by atoms with E-state index in [1.54, 1.807) is 41.1 Å². The Morgan fingerprint density at radius 1 is 1.19 bits per heavy atom. The van der Waals surface area contributed by atoms with Crippen molar-refractivity contribution in [1.82, 2.24) is 19.9 Å². The number of hydrogen-bond acceptors (Lipinski definition) is 4. The molecule has 1 aliphatic rings. The van der Waals surface area contributed by atoms with Crippen LogP contribution < -0.4 is 10.9 Å². The minimum absolute atomic E-state index is 0.0368. The number of fused-ring (bicyclic) bond motifs is 1. The van der Waals surface area contributed by atoms with Gasteiger partial charge >= 0.3 is 0 Å². The SMILES string of the molecule is CC(C)n1c(=O)c(-c2ccc(C(=O)NC3CC3)cc2)nc2cccnc21. The van der Waals surface area contributed by atoms with Crippen molar-refractivity contribution >= 4 is 17.1 Å². The van der Waals surface area contributed by atoms with Crippen LogP contribution in [-0.2, 0) is 0 Å². The average Bonchev–Trinajstić information content (AvgIpc) is 3.45. The highest BCUT2D eigenvalue weighted by Gasteiger charge is 2.24. The van der Waals surface area contributed by atoms with E-state index in [0.717, 1.165) is 12.8 Å². The molecular weight excluding hydrogens is 328 g/mol. The quantitative estimate of drug-likeness (QED) is 0.786. The molecule has 2 heterocycles. The fourth-order valence-electron chi connectivity index (χ4n) is 2.98. The number of hydrogen-bond donors (Lipinski definition) is 1. The highest BCUT2D eigenvalue weighted by atomic mass is 16.1. The van der Waals surface area contributed by atoms with Crippen molar-refractivity contribution in [3.63, 3.8) is 0 Å². The van der Waals surface area contributed by atoms with Gasteiger partial charge in [-0.3, -0.25) is 14.2 Å². The van der Waals surface area contributed by atoms with Crippen molar-refractivity contribution in [2.45, 2.75) is 38.8 Å². The summed E-state index contributed by atoms with van der Waals surface area (Å²) in [6, 6.07) is 11.0. The first-order valence-electron chi connectivity index (χ1n) is 8.83. The first-order valence-corrected chi connectivity index (χ1v) is 8.83. The predicted molar refractivity (Wildman–Crippen MR) is 100 cm³/mol. The molecule has 2 aromatic heterocycles. The Balaban J connectivity index is 1.77. The van der Waals surface area contributed by atoms with Gasteiger partial charge in [-0.25, -0.2) is 9.97 Å². The molecule has 1 aliphatic carbocycles. The second-order valence-corrected chi connectivity index (χ2v) is 6.90. The Labute approximate surface area is 150 Å². The second kappa shape index (κ2) is 6.37. The molecule has 6 nitrogen and oxygen atoms in total. The zero-order valence-electron chi connectivity index (χ0n) is 14.8. The molecular formula is C20H20N4O2. The van der Waals surface area contributed by atoms with Crippen molar-refractivity contribution in [2.75, 3.05) is 0 Å². The number of nitrogens with zero attached hydrogens (tertiary/aromatic N) is 3. The molecule has 6 heteroatoms. The third kappa shape index (κ3) is 2.98. The minimum Gasteiger partial charge on any atom is -0.349 e. The average molecular weight is 348 g/mol. The Kier molecular flexibility index (Phi) is 4.03. The summed E-state index contributed by atoms with van der Waals surface area (Å²) in [5.41, 5.74) is 2.73. The molecule has 0 aliphatic heterocycles. The number of carbonyl (C=O) groups excluding carboxylic acids is 1. The minimum atomic E-state index is -0.179. The topological polar surface area (TPSA) is 76.9 Å². The van der Waals surface area contributed by atoms with E-state index in [9.17, 15) is 9.59 Å². The van der Waals surface area contributed by atoms with Gasteiger partial charge in [0.25, 0.3) is 11.5 Å². The molecule has 26 heavy (non-hydrogen) atoms. The molecule has 0 atom stereocenters. The summed E-state index contributed by atoms with van der Waals surface area (Å²) in [6.07, 6.45) is 3.76. The molecule has 3 aromatic rings. The number of pyridine rings is 1. The number of rotatable bonds is 4. The lowest BCUT2D eigenvalue weighted by atomic mass is 10.1. The summed E-state index contributed by atoms with van der Waals surface area (Å²) in [5, 5.41) is 2.96. The summed E-state index contributed by atoms with van der Waals surface area (Å²) in [4.78, 5) is 33.9. The van der Waals surface area contributed by atoms with Crippen LogP contribution in [0.1, 0.15) is 43.1 Å². The van der Waals surface area contributed by atoms with E-state index in [-0.39, 0.29) is 17.5 Å². The van der Waals surface area contributed by atoms with Gasteiger partial charge in [-0.1, -0.05) is 12.1 Å². The number of amides is 1. The van der Waals surface area contributed by atoms with Gasteiger partial charge < -0.3 is 5.32 Å². The van der Waals surface area contributed by atoms with E-state index < -0.39 is 0 Å². The van der Waals surface area contributed by atoms with Crippen LogP contribution in [0, 0.1) is 0 Å². The lowest BCUT2D eigenvalue weighted by Crippen LogP contribution is -2.26. The van der Waals surface area contributed by atoms with Crippen LogP contribution in [0.25, 0.3) is 22.4 Å². The molecule has 0 unspecified atom stereocenters. The Morgan fingerprint density at radius 3 is 2.58 bits per heavy atom. The van der Waals surface area contributed by atoms with Gasteiger partial charge in [-0.2, -0.15) is 0 Å². The van der Waals surface area contributed by atoms with Gasteiger partial charge in [-0.05, 0) is 51.0 Å². The normalized spacial score (nSPS) is 14.0. The summed E-state index contributed by atoms with van der Waals surface area (Å²) < 4.78 is 1.66. The third-order valence-electron chi connectivity index (χ3n) is 4.50. The number of benzene rings is 1. The predicted octanol–water partition coefficient (Wildman–Crippen LogP) is 2.93. The van der Waals surface area contributed by atoms with E-state index in [2.05, 4.69) is 15.3 Å². The lowest BCUT2D eigenvalue weighted by Gasteiger charge is -2.14. The number of nitrogens with one attached hydrogen (secondary N) is 1. The van der Waals surface area contributed by atoms with Gasteiger partial charge in [0.15, 0.2) is 5.65 Å². The fraction of sp³-hybridized carbons (Fsp3) is 0.300. The maximum atomic E-state index is 13.0. The molecule has 1 amide bonds. The van der Waals surface area contributed by atoms with Gasteiger partial charge in [0, 0.05) is 29.4 Å². The van der Waals surface area contributed by atoms with Crippen LogP contribution in [0.3, 0.4) is 0 Å². The second-order valence-electron chi connectivity index (χ2n) is 6.90. The van der Waals surface area contributed by atoms with E-state index >= 15 is 0 Å². The van der Waals surface area contributed by atoms with Crippen LogP contribution >= 0.6 is 0 Å². The van der Waals surface area contributed by atoms with Crippen molar-refractivity contribution in [1.29, 1.82) is 0 Å². The van der Waals surface area contributed by atoms with Gasteiger partial charge in [0.1, 0.15) is 11.2 Å². The first-order chi connectivity index (χ1) is 12.5. The summed E-state index contributed by atoms with van der Waals surface area (Å²) in [7, 11) is 0. The van der Waals surface area contributed by atoms with Crippen molar-refractivity contribution in [3.8, 4) is 11.3 Å². The van der Waals surface area contributed by atoms with Crippen LogP contribution in [0.15, 0.2) is 47.4 Å². The highest BCUT2D eigenvalue weighted by Crippen LogP contribution is 2.21. The molecule has 132 valence electrons. The smallest absolute Gasteiger partial charge is 0.278 e. The van der Waals surface area contributed by atoms with E-state index in [1.165, 1.54) is 0 Å². The molecule has 0 spiro atoms. The van der Waals surface area contributed by atoms with Crippen molar-refractivity contribution < 1.29 is 4.79 Å². The van der Waals surface area contributed by atoms with E-state index in [1.807, 2.05) is 19.9 Å². The van der Waals surface area contributed by atoms with E-state index in [0.29, 0.717) is 34.0 Å². The Hall–Kier alpha value is -3.02. The van der Waals surface area contributed by atoms with Gasteiger partial charge in [-0.15, -0.1) is 0 Å². The summed E-state index contributed by atoms with van der Waals surface area (Å²) in [5.74, 6) is -0.0747. The largest absolute Gasteiger partial charge is 0.349 e. The molecule has 0 bridgehead atoms. The Bertz CT molecular complexity index is 1030. The zero-order valence-corrected chi connectivity index (χ0v) is 14.8. The summed E-state index contributed by atoms with van der Waals surface area (Å²) >= 11 is 0. The third-order valence-corrected chi connectivity index (χ3v) is 4.50. The number of carbonyl (C=O) groups is 1. The first kappa shape index (κ1) is 16.4. The zero-order chi connectivity index (χ0) is 18.3. The highest BCUT2D eigenvalue weighted by molar-refractivity contribution is 5.95. The van der Waals surface area contributed by atoms with Crippen LogP contribution in [0.2, 0.25) is 0 Å². The molecule has 1 fully saturated rings. The standard InChI is InChI=1S/C20H20N4O2/c1-12(2)24-18-16(4-3-11-21-18)23-17(20(24)26)13-5-7-14(8-6-13)19(25)22-15-9-10-15/h3-8,11-12,15H,9-10H2,1-2H3,(H,22,25). The molecule has 1 saturated carbocycles. The van der Waals surface area contributed by atoms with E-state index in [4.69, 9.17) is 0 Å². The monoisotopic (exact) mass is 348 g/mol. The van der Waals surface area contributed by atoms with Gasteiger partial charge in [0.05, 0.1) is 0 Å². The Morgan fingerprint density at radius 2 is 1.92 bits per heavy atom. The molecule has 0 radical (unpaired) electrons. The molecule has 1 N–H and O–H groups in total.